The Kier molecular flexibility index (Phi) is 4.42. The first-order valence-electron chi connectivity index (χ1n) is 7.82. The lowest BCUT2D eigenvalue weighted by Gasteiger charge is -2.11. The Balaban J connectivity index is 1.77. The van der Waals surface area contributed by atoms with E-state index in [9.17, 15) is 4.79 Å². The van der Waals surface area contributed by atoms with Crippen molar-refractivity contribution in [3.63, 3.8) is 0 Å². The summed E-state index contributed by atoms with van der Waals surface area (Å²) >= 11 is 0. The minimum absolute atomic E-state index is 0.156. The van der Waals surface area contributed by atoms with Gasteiger partial charge in [0.05, 0.1) is 0 Å². The van der Waals surface area contributed by atoms with E-state index in [0.29, 0.717) is 17.3 Å². The van der Waals surface area contributed by atoms with Crippen molar-refractivity contribution in [2.45, 2.75) is 26.8 Å². The first-order valence-corrected chi connectivity index (χ1v) is 7.82. The molecular weight excluding hydrogens is 302 g/mol. The molecule has 1 aromatic heterocycles. The Morgan fingerprint density at radius 2 is 1.71 bits per heavy atom. The lowest BCUT2D eigenvalue weighted by Crippen LogP contribution is -2.27. The molecule has 0 saturated heterocycles. The molecule has 0 aliphatic heterocycles. The number of rotatable bonds is 4. The molecule has 1 N–H and O–H groups in total. The van der Waals surface area contributed by atoms with Gasteiger partial charge in [-0.05, 0) is 38.0 Å². The molecule has 1 amide bonds. The van der Waals surface area contributed by atoms with Crippen LogP contribution in [0.3, 0.4) is 0 Å². The van der Waals surface area contributed by atoms with Crippen LogP contribution in [0.1, 0.15) is 40.3 Å². The van der Waals surface area contributed by atoms with Gasteiger partial charge in [-0.2, -0.15) is 4.98 Å². The second-order valence-corrected chi connectivity index (χ2v) is 5.78. The highest BCUT2D eigenvalue weighted by molar-refractivity contribution is 5.95. The second kappa shape index (κ2) is 6.66. The molecule has 1 unspecified atom stereocenters. The number of carbonyl (C=O) groups excluding carboxylic acids is 1. The van der Waals surface area contributed by atoms with Crippen LogP contribution in [0.5, 0.6) is 0 Å². The first kappa shape index (κ1) is 15.9. The van der Waals surface area contributed by atoms with E-state index < -0.39 is 0 Å². The minimum Gasteiger partial charge on any atom is -0.341 e. The fourth-order valence-electron chi connectivity index (χ4n) is 2.51. The predicted octanol–water partition coefficient (Wildman–Crippen LogP) is 3.84. The van der Waals surface area contributed by atoms with Gasteiger partial charge >= 0.3 is 0 Å². The maximum absolute atomic E-state index is 12.4. The fourth-order valence-corrected chi connectivity index (χ4v) is 2.51. The highest BCUT2D eigenvalue weighted by Crippen LogP contribution is 2.22. The molecule has 122 valence electrons. The van der Waals surface area contributed by atoms with Crippen molar-refractivity contribution in [1.82, 2.24) is 15.5 Å². The normalized spacial score (nSPS) is 12.0. The number of hydrogen-bond acceptors (Lipinski definition) is 4. The van der Waals surface area contributed by atoms with Gasteiger partial charge in [0.2, 0.25) is 11.7 Å². The summed E-state index contributed by atoms with van der Waals surface area (Å²) in [7, 11) is 0. The van der Waals surface area contributed by atoms with Crippen molar-refractivity contribution >= 4 is 5.91 Å². The van der Waals surface area contributed by atoms with Crippen LogP contribution < -0.4 is 5.32 Å². The maximum atomic E-state index is 12.4. The number of aryl methyl sites for hydroxylation is 2. The van der Waals surface area contributed by atoms with Gasteiger partial charge < -0.3 is 9.84 Å². The van der Waals surface area contributed by atoms with Crippen LogP contribution in [0, 0.1) is 13.8 Å². The molecule has 0 aliphatic carbocycles. The van der Waals surface area contributed by atoms with E-state index in [2.05, 4.69) is 15.5 Å². The van der Waals surface area contributed by atoms with E-state index in [4.69, 9.17) is 4.52 Å². The van der Waals surface area contributed by atoms with Crippen molar-refractivity contribution in [2.24, 2.45) is 0 Å². The highest BCUT2D eigenvalue weighted by atomic mass is 16.5. The number of nitrogens with one attached hydrogen (secondary N) is 1. The SMILES string of the molecule is Cc1ccccc1C(=O)NC(C)c1nc(-c2ccccc2C)no1. The predicted molar refractivity (Wildman–Crippen MR) is 91.5 cm³/mol. The summed E-state index contributed by atoms with van der Waals surface area (Å²) in [6.07, 6.45) is 0. The van der Waals surface area contributed by atoms with E-state index in [-0.39, 0.29) is 11.9 Å². The number of hydrogen-bond donors (Lipinski definition) is 1. The van der Waals surface area contributed by atoms with Crippen molar-refractivity contribution in [2.75, 3.05) is 0 Å². The average Bonchev–Trinajstić information content (AvgIpc) is 3.05. The summed E-state index contributed by atoms with van der Waals surface area (Å²) in [5.74, 6) is 0.756. The molecule has 5 nitrogen and oxygen atoms in total. The van der Waals surface area contributed by atoms with E-state index in [0.717, 1.165) is 16.7 Å². The molecule has 0 fully saturated rings. The minimum atomic E-state index is -0.373. The van der Waals surface area contributed by atoms with Crippen LogP contribution >= 0.6 is 0 Å². The number of carbonyl (C=O) groups is 1. The Bertz CT molecular complexity index is 870. The van der Waals surface area contributed by atoms with E-state index >= 15 is 0 Å². The van der Waals surface area contributed by atoms with Gasteiger partial charge in [0, 0.05) is 11.1 Å². The van der Waals surface area contributed by atoms with Crippen LogP contribution in [0.25, 0.3) is 11.4 Å². The molecule has 0 spiro atoms. The highest BCUT2D eigenvalue weighted by Gasteiger charge is 2.19. The quantitative estimate of drug-likeness (QED) is 0.792. The Labute approximate surface area is 140 Å². The van der Waals surface area contributed by atoms with E-state index in [1.807, 2.05) is 63.2 Å². The maximum Gasteiger partial charge on any atom is 0.252 e. The van der Waals surface area contributed by atoms with Gasteiger partial charge in [-0.1, -0.05) is 47.6 Å². The van der Waals surface area contributed by atoms with Crippen molar-refractivity contribution in [3.8, 4) is 11.4 Å². The van der Waals surface area contributed by atoms with Crippen LogP contribution in [-0.4, -0.2) is 16.0 Å². The van der Waals surface area contributed by atoms with Crippen molar-refractivity contribution < 1.29 is 9.32 Å². The molecule has 0 radical (unpaired) electrons. The molecule has 5 heteroatoms. The zero-order chi connectivity index (χ0) is 17.1. The monoisotopic (exact) mass is 321 g/mol. The third kappa shape index (κ3) is 3.20. The molecule has 24 heavy (non-hydrogen) atoms. The molecule has 3 aromatic rings. The molecule has 2 aromatic carbocycles. The summed E-state index contributed by atoms with van der Waals surface area (Å²) in [5, 5.41) is 6.93. The summed E-state index contributed by atoms with van der Waals surface area (Å²) in [5.41, 5.74) is 3.56. The lowest BCUT2D eigenvalue weighted by atomic mass is 10.1. The topological polar surface area (TPSA) is 68.0 Å². The van der Waals surface area contributed by atoms with E-state index in [1.165, 1.54) is 0 Å². The summed E-state index contributed by atoms with van der Waals surface area (Å²) < 4.78 is 5.33. The molecule has 0 bridgehead atoms. The fraction of sp³-hybridized carbons (Fsp3) is 0.211. The zero-order valence-electron chi connectivity index (χ0n) is 13.9. The molecular formula is C19H19N3O2. The summed E-state index contributed by atoms with van der Waals surface area (Å²) in [4.78, 5) is 16.8. The van der Waals surface area contributed by atoms with Gasteiger partial charge in [0.25, 0.3) is 5.91 Å². The molecule has 3 rings (SSSR count). The number of benzene rings is 2. The van der Waals surface area contributed by atoms with Crippen LogP contribution in [0.2, 0.25) is 0 Å². The van der Waals surface area contributed by atoms with Crippen LogP contribution in [-0.2, 0) is 0 Å². The largest absolute Gasteiger partial charge is 0.341 e. The zero-order valence-corrected chi connectivity index (χ0v) is 13.9. The first-order chi connectivity index (χ1) is 11.6. The number of amides is 1. The third-order valence-electron chi connectivity index (χ3n) is 3.94. The summed E-state index contributed by atoms with van der Waals surface area (Å²) in [6, 6.07) is 14.9. The van der Waals surface area contributed by atoms with Gasteiger partial charge in [0.1, 0.15) is 6.04 Å². The average molecular weight is 321 g/mol. The van der Waals surface area contributed by atoms with Crippen molar-refractivity contribution in [1.29, 1.82) is 0 Å². The van der Waals surface area contributed by atoms with Crippen LogP contribution in [0.4, 0.5) is 0 Å². The number of nitrogens with zero attached hydrogens (tertiary/aromatic N) is 2. The van der Waals surface area contributed by atoms with E-state index in [1.54, 1.807) is 6.07 Å². The van der Waals surface area contributed by atoms with Crippen molar-refractivity contribution in [3.05, 3.63) is 71.1 Å². The summed E-state index contributed by atoms with van der Waals surface area (Å²) in [6.45, 7) is 5.72. The Morgan fingerprint density at radius 3 is 2.42 bits per heavy atom. The van der Waals surface area contributed by atoms with Gasteiger partial charge in [-0.15, -0.1) is 0 Å². The van der Waals surface area contributed by atoms with Crippen LogP contribution in [0.15, 0.2) is 53.1 Å². The Hall–Kier alpha value is -2.95. The molecule has 0 saturated carbocycles. The molecule has 0 aliphatic rings. The molecule has 1 atom stereocenters. The Morgan fingerprint density at radius 1 is 1.04 bits per heavy atom. The second-order valence-electron chi connectivity index (χ2n) is 5.78. The van der Waals surface area contributed by atoms with Gasteiger partial charge in [-0.25, -0.2) is 0 Å². The lowest BCUT2D eigenvalue weighted by molar-refractivity contribution is 0.0932. The standard InChI is InChI=1S/C19H19N3O2/c1-12-8-4-6-10-15(12)17-21-19(24-22-17)14(3)20-18(23)16-11-7-5-9-13(16)2/h4-11,14H,1-3H3,(H,20,23). The third-order valence-corrected chi connectivity index (χ3v) is 3.94. The smallest absolute Gasteiger partial charge is 0.252 e. The van der Waals surface area contributed by atoms with Gasteiger partial charge in [-0.3, -0.25) is 4.79 Å². The number of aromatic nitrogens is 2. The molecule has 1 heterocycles. The van der Waals surface area contributed by atoms with Gasteiger partial charge in [0.15, 0.2) is 0 Å².